The second kappa shape index (κ2) is 12.9. The summed E-state index contributed by atoms with van der Waals surface area (Å²) in [5.41, 5.74) is 3.07. The van der Waals surface area contributed by atoms with Crippen LogP contribution in [-0.4, -0.2) is 44.3 Å². The highest BCUT2D eigenvalue weighted by molar-refractivity contribution is 7.92. The summed E-state index contributed by atoms with van der Waals surface area (Å²) in [4.78, 5) is 28.4. The molecular formula is C29H34ClN3O4S. The van der Waals surface area contributed by atoms with Crippen molar-refractivity contribution in [2.24, 2.45) is 0 Å². The van der Waals surface area contributed by atoms with E-state index in [1.807, 2.05) is 52.0 Å². The maximum Gasteiger partial charge on any atom is 0.264 e. The number of hydrogen-bond acceptors (Lipinski definition) is 4. The largest absolute Gasteiger partial charge is 0.355 e. The number of likely N-dealkylation sites (N-methyl/N-ethyl adjacent to an activating group) is 1. The fourth-order valence-electron chi connectivity index (χ4n) is 4.10. The molecule has 202 valence electrons. The van der Waals surface area contributed by atoms with Crippen molar-refractivity contribution in [3.63, 3.8) is 0 Å². The first-order chi connectivity index (χ1) is 18.1. The molecular weight excluding hydrogens is 522 g/mol. The van der Waals surface area contributed by atoms with Crippen molar-refractivity contribution in [2.75, 3.05) is 17.4 Å². The molecule has 0 heterocycles. The van der Waals surface area contributed by atoms with E-state index in [0.29, 0.717) is 18.0 Å². The van der Waals surface area contributed by atoms with Crippen LogP contribution in [0.15, 0.2) is 77.7 Å². The van der Waals surface area contributed by atoms with Gasteiger partial charge in [-0.2, -0.15) is 0 Å². The summed E-state index contributed by atoms with van der Waals surface area (Å²) >= 11 is 6.20. The third-order valence-electron chi connectivity index (χ3n) is 6.19. The van der Waals surface area contributed by atoms with E-state index in [0.717, 1.165) is 21.0 Å². The van der Waals surface area contributed by atoms with Gasteiger partial charge in [-0.3, -0.25) is 13.9 Å². The first kappa shape index (κ1) is 29.2. The van der Waals surface area contributed by atoms with E-state index in [-0.39, 0.29) is 23.0 Å². The Balaban J connectivity index is 2.05. The third kappa shape index (κ3) is 7.14. The number of halogens is 1. The van der Waals surface area contributed by atoms with Crippen LogP contribution in [0.4, 0.5) is 5.69 Å². The monoisotopic (exact) mass is 555 g/mol. The summed E-state index contributed by atoms with van der Waals surface area (Å²) in [6.07, 6.45) is 0.366. The summed E-state index contributed by atoms with van der Waals surface area (Å²) in [5.74, 6) is -0.787. The number of benzene rings is 3. The van der Waals surface area contributed by atoms with Gasteiger partial charge in [-0.25, -0.2) is 8.42 Å². The van der Waals surface area contributed by atoms with Crippen LogP contribution < -0.4 is 9.62 Å². The van der Waals surface area contributed by atoms with Gasteiger partial charge in [0.05, 0.1) is 10.6 Å². The molecule has 0 aliphatic carbocycles. The zero-order valence-electron chi connectivity index (χ0n) is 22.1. The number of carbonyl (C=O) groups is 2. The number of hydrogen-bond donors (Lipinski definition) is 1. The lowest BCUT2D eigenvalue weighted by atomic mass is 10.1. The van der Waals surface area contributed by atoms with Crippen LogP contribution in [0.1, 0.15) is 37.0 Å². The summed E-state index contributed by atoms with van der Waals surface area (Å²) < 4.78 is 28.7. The molecule has 0 saturated carbocycles. The van der Waals surface area contributed by atoms with Crippen LogP contribution in [0.25, 0.3) is 0 Å². The molecule has 7 nitrogen and oxygen atoms in total. The van der Waals surface area contributed by atoms with Gasteiger partial charge in [-0.15, -0.1) is 0 Å². The molecule has 0 aromatic heterocycles. The van der Waals surface area contributed by atoms with Crippen molar-refractivity contribution in [1.29, 1.82) is 0 Å². The number of rotatable bonds is 11. The van der Waals surface area contributed by atoms with E-state index in [4.69, 9.17) is 11.6 Å². The predicted octanol–water partition coefficient (Wildman–Crippen LogP) is 5.10. The molecule has 1 atom stereocenters. The minimum Gasteiger partial charge on any atom is -0.355 e. The molecule has 3 aromatic rings. The van der Waals surface area contributed by atoms with Gasteiger partial charge in [0.1, 0.15) is 12.6 Å². The number of sulfonamides is 1. The second-order valence-electron chi connectivity index (χ2n) is 9.13. The lowest BCUT2D eigenvalue weighted by Crippen LogP contribution is -2.52. The maximum absolute atomic E-state index is 13.9. The second-order valence-corrected chi connectivity index (χ2v) is 11.4. The van der Waals surface area contributed by atoms with Crippen molar-refractivity contribution in [3.05, 3.63) is 94.5 Å². The van der Waals surface area contributed by atoms with Crippen LogP contribution in [0.2, 0.25) is 5.02 Å². The SMILES string of the molecule is CCNC(=O)C(CC)N(Cc1ccc(C)cc1)C(=O)CN(c1cccc(Cl)c1)S(=O)(=O)c1ccc(C)cc1. The molecule has 1 N–H and O–H groups in total. The highest BCUT2D eigenvalue weighted by Gasteiger charge is 2.33. The minimum atomic E-state index is -4.13. The molecule has 0 bridgehead atoms. The zero-order valence-corrected chi connectivity index (χ0v) is 23.7. The van der Waals surface area contributed by atoms with Gasteiger partial charge in [0.25, 0.3) is 10.0 Å². The highest BCUT2D eigenvalue weighted by atomic mass is 35.5. The summed E-state index contributed by atoms with van der Waals surface area (Å²) in [7, 11) is -4.13. The molecule has 3 aromatic carbocycles. The van der Waals surface area contributed by atoms with E-state index in [1.165, 1.54) is 23.1 Å². The Morgan fingerprint density at radius 2 is 1.53 bits per heavy atom. The molecule has 0 aliphatic rings. The fraction of sp³-hybridized carbons (Fsp3) is 0.310. The number of aryl methyl sites for hydroxylation is 2. The highest BCUT2D eigenvalue weighted by Crippen LogP contribution is 2.27. The van der Waals surface area contributed by atoms with E-state index in [2.05, 4.69) is 5.32 Å². The van der Waals surface area contributed by atoms with Gasteiger partial charge in [0.2, 0.25) is 11.8 Å². The smallest absolute Gasteiger partial charge is 0.264 e. The number of carbonyl (C=O) groups excluding carboxylic acids is 2. The molecule has 0 fully saturated rings. The van der Waals surface area contributed by atoms with Crippen LogP contribution in [0.3, 0.4) is 0 Å². The van der Waals surface area contributed by atoms with Crippen molar-refractivity contribution in [1.82, 2.24) is 10.2 Å². The van der Waals surface area contributed by atoms with Crippen LogP contribution >= 0.6 is 11.6 Å². The van der Waals surface area contributed by atoms with Crippen molar-refractivity contribution in [2.45, 2.75) is 51.6 Å². The molecule has 2 amide bonds. The molecule has 0 saturated heterocycles. The van der Waals surface area contributed by atoms with Crippen LogP contribution in [-0.2, 0) is 26.2 Å². The molecule has 38 heavy (non-hydrogen) atoms. The molecule has 0 spiro atoms. The lowest BCUT2D eigenvalue weighted by Gasteiger charge is -2.33. The Morgan fingerprint density at radius 3 is 2.08 bits per heavy atom. The van der Waals surface area contributed by atoms with Gasteiger partial charge < -0.3 is 10.2 Å². The zero-order chi connectivity index (χ0) is 27.9. The Labute approximate surface area is 230 Å². The quantitative estimate of drug-likeness (QED) is 0.357. The molecule has 3 rings (SSSR count). The van der Waals surface area contributed by atoms with E-state index in [9.17, 15) is 18.0 Å². The average Bonchev–Trinajstić information content (AvgIpc) is 2.88. The van der Waals surface area contributed by atoms with Crippen molar-refractivity contribution >= 4 is 39.1 Å². The molecule has 0 aliphatic heterocycles. The molecule has 1 unspecified atom stereocenters. The predicted molar refractivity (Wildman–Crippen MR) is 152 cm³/mol. The third-order valence-corrected chi connectivity index (χ3v) is 8.22. The van der Waals surface area contributed by atoms with Gasteiger partial charge in [0, 0.05) is 18.1 Å². The fourth-order valence-corrected chi connectivity index (χ4v) is 5.69. The van der Waals surface area contributed by atoms with Gasteiger partial charge in [0.15, 0.2) is 0 Å². The normalized spacial score (nSPS) is 12.0. The number of nitrogens with one attached hydrogen (secondary N) is 1. The number of amides is 2. The Kier molecular flexibility index (Phi) is 9.94. The Hall–Kier alpha value is -3.36. The van der Waals surface area contributed by atoms with Gasteiger partial charge >= 0.3 is 0 Å². The van der Waals surface area contributed by atoms with Crippen LogP contribution in [0, 0.1) is 13.8 Å². The number of anilines is 1. The topological polar surface area (TPSA) is 86.8 Å². The Bertz CT molecular complexity index is 1360. The summed E-state index contributed by atoms with van der Waals surface area (Å²) in [6, 6.07) is 19.7. The van der Waals surface area contributed by atoms with Crippen molar-refractivity contribution < 1.29 is 18.0 Å². The number of nitrogens with zero attached hydrogens (tertiary/aromatic N) is 2. The first-order valence-electron chi connectivity index (χ1n) is 12.5. The summed E-state index contributed by atoms with van der Waals surface area (Å²) in [5, 5.41) is 3.14. The molecule has 9 heteroatoms. The van der Waals surface area contributed by atoms with Gasteiger partial charge in [-0.1, -0.05) is 72.1 Å². The Morgan fingerprint density at radius 1 is 0.921 bits per heavy atom. The van der Waals surface area contributed by atoms with E-state index >= 15 is 0 Å². The summed E-state index contributed by atoms with van der Waals surface area (Å²) in [6.45, 7) is 7.54. The maximum atomic E-state index is 13.9. The molecule has 0 radical (unpaired) electrons. The first-order valence-corrected chi connectivity index (χ1v) is 14.4. The van der Waals surface area contributed by atoms with E-state index in [1.54, 1.807) is 30.3 Å². The van der Waals surface area contributed by atoms with Gasteiger partial charge in [-0.05, 0) is 63.1 Å². The lowest BCUT2D eigenvalue weighted by molar-refractivity contribution is -0.140. The minimum absolute atomic E-state index is 0.0525. The van der Waals surface area contributed by atoms with E-state index < -0.39 is 28.5 Å². The van der Waals surface area contributed by atoms with Crippen LogP contribution in [0.5, 0.6) is 0 Å². The standard InChI is InChI=1S/C29H34ClN3O4S/c1-5-27(29(35)31-6-2)32(19-23-14-10-21(3)11-15-23)28(34)20-33(25-9-7-8-24(30)18-25)38(36,37)26-16-12-22(4)13-17-26/h7-18,27H,5-6,19-20H2,1-4H3,(H,31,35). The average molecular weight is 556 g/mol. The van der Waals surface area contributed by atoms with Crippen molar-refractivity contribution in [3.8, 4) is 0 Å².